The quantitative estimate of drug-likeness (QED) is 0.308. The molecule has 0 bridgehead atoms. The molecule has 2 aromatic heterocycles. The van der Waals surface area contributed by atoms with Gasteiger partial charge < -0.3 is 15.7 Å². The molecule has 0 amide bonds. The molecule has 2 heterocycles. The minimum absolute atomic E-state index is 0. The Morgan fingerprint density at radius 2 is 1.68 bits per heavy atom. The molecule has 0 spiro atoms. The fourth-order valence-electron chi connectivity index (χ4n) is 2.29. The number of halogens is 1. The minimum atomic E-state index is -0.909. The molecule has 0 aromatic carbocycles. The van der Waals surface area contributed by atoms with Crippen molar-refractivity contribution in [2.45, 2.75) is 38.7 Å². The van der Waals surface area contributed by atoms with Crippen LogP contribution in [0, 0.1) is 0 Å². The second-order valence-electron chi connectivity index (χ2n) is 6.66. The highest BCUT2D eigenvalue weighted by Gasteiger charge is 2.25. The van der Waals surface area contributed by atoms with Crippen LogP contribution in [0.15, 0.2) is 40.0 Å². The third-order valence-corrected chi connectivity index (χ3v) is 6.18. The molecule has 0 aliphatic rings. The van der Waals surface area contributed by atoms with Crippen LogP contribution in [0.3, 0.4) is 0 Å². The van der Waals surface area contributed by atoms with E-state index >= 15 is 0 Å². The Balaban J connectivity index is 0.00000312. The third-order valence-electron chi connectivity index (χ3n) is 3.82. The lowest BCUT2D eigenvalue weighted by atomic mass is 9.92. The number of guanidine groups is 1. The summed E-state index contributed by atoms with van der Waals surface area (Å²) >= 11 is 3.32. The van der Waals surface area contributed by atoms with E-state index in [1.807, 2.05) is 31.4 Å². The smallest absolute Gasteiger partial charge is 0.191 e. The number of hydrogen-bond donors (Lipinski definition) is 3. The predicted molar refractivity (Wildman–Crippen MR) is 121 cm³/mol. The Morgan fingerprint density at radius 1 is 1.08 bits per heavy atom. The van der Waals surface area contributed by atoms with Crippen LogP contribution in [0.1, 0.15) is 37.4 Å². The highest BCUT2D eigenvalue weighted by Crippen LogP contribution is 2.28. The first-order valence-electron chi connectivity index (χ1n) is 8.18. The zero-order valence-corrected chi connectivity index (χ0v) is 19.2. The lowest BCUT2D eigenvalue weighted by molar-refractivity contribution is 0.0655. The Hall–Kier alpha value is -0.640. The molecule has 0 saturated heterocycles. The molecule has 1 atom stereocenters. The molecule has 3 N–H and O–H groups in total. The van der Waals surface area contributed by atoms with Crippen LogP contribution in [-0.4, -0.2) is 30.7 Å². The van der Waals surface area contributed by atoms with Gasteiger partial charge in [-0.2, -0.15) is 0 Å². The molecule has 0 radical (unpaired) electrons. The van der Waals surface area contributed by atoms with Gasteiger partial charge in [-0.25, -0.2) is 0 Å². The Kier molecular flexibility index (Phi) is 8.86. The molecule has 2 aromatic rings. The van der Waals surface area contributed by atoms with Crippen LogP contribution >= 0.6 is 46.7 Å². The van der Waals surface area contributed by atoms with Crippen LogP contribution in [-0.2, 0) is 11.0 Å². The molecule has 0 aliphatic heterocycles. The van der Waals surface area contributed by atoms with Crippen LogP contribution in [0.25, 0.3) is 0 Å². The normalized spacial score (nSPS) is 14.5. The van der Waals surface area contributed by atoms with Crippen molar-refractivity contribution in [2.24, 2.45) is 4.99 Å². The maximum absolute atomic E-state index is 10.6. The van der Waals surface area contributed by atoms with Gasteiger partial charge in [0.05, 0.1) is 13.1 Å². The van der Waals surface area contributed by atoms with Gasteiger partial charge in [0.2, 0.25) is 0 Å². The van der Waals surface area contributed by atoms with Gasteiger partial charge >= 0.3 is 0 Å². The largest absolute Gasteiger partial charge is 0.383 e. The zero-order chi connectivity index (χ0) is 17.6. The SMILES string of the molecule is CCNC(=NCC(C)(C)c1cccs1)NCC(C)(O)c1cccs1.I. The van der Waals surface area contributed by atoms with Gasteiger partial charge in [-0.05, 0) is 36.7 Å². The molecule has 4 nitrogen and oxygen atoms in total. The summed E-state index contributed by atoms with van der Waals surface area (Å²) in [6.45, 7) is 10.2. The van der Waals surface area contributed by atoms with E-state index < -0.39 is 5.60 Å². The van der Waals surface area contributed by atoms with E-state index in [1.54, 1.807) is 22.7 Å². The molecule has 1 unspecified atom stereocenters. The van der Waals surface area contributed by atoms with Crippen molar-refractivity contribution >= 4 is 52.6 Å². The van der Waals surface area contributed by atoms with Crippen molar-refractivity contribution in [3.63, 3.8) is 0 Å². The predicted octanol–water partition coefficient (Wildman–Crippen LogP) is 4.17. The number of nitrogens with one attached hydrogen (secondary N) is 2. The summed E-state index contributed by atoms with van der Waals surface area (Å²) in [5.41, 5.74) is -0.916. The van der Waals surface area contributed by atoms with Gasteiger partial charge in [0.25, 0.3) is 0 Å². The molecule has 0 aliphatic carbocycles. The Labute approximate surface area is 175 Å². The molecule has 0 fully saturated rings. The van der Waals surface area contributed by atoms with E-state index in [-0.39, 0.29) is 29.4 Å². The maximum atomic E-state index is 10.6. The van der Waals surface area contributed by atoms with Gasteiger partial charge in [-0.3, -0.25) is 4.99 Å². The number of hydrogen-bond acceptors (Lipinski definition) is 4. The summed E-state index contributed by atoms with van der Waals surface area (Å²) in [5.74, 6) is 0.735. The number of aliphatic imine (C=N–C) groups is 1. The Bertz CT molecular complexity index is 637. The average molecular weight is 493 g/mol. The highest BCUT2D eigenvalue weighted by molar-refractivity contribution is 14.0. The molecular weight excluding hydrogens is 465 g/mol. The number of nitrogens with zero attached hydrogens (tertiary/aromatic N) is 1. The molecule has 7 heteroatoms. The van der Waals surface area contributed by atoms with Crippen LogP contribution in [0.5, 0.6) is 0 Å². The van der Waals surface area contributed by atoms with E-state index in [0.717, 1.165) is 17.4 Å². The number of thiophene rings is 2. The van der Waals surface area contributed by atoms with Crippen LogP contribution in [0.4, 0.5) is 0 Å². The lowest BCUT2D eigenvalue weighted by Gasteiger charge is -2.25. The van der Waals surface area contributed by atoms with Gasteiger partial charge in [0, 0.05) is 21.7 Å². The van der Waals surface area contributed by atoms with Gasteiger partial charge in [-0.15, -0.1) is 46.7 Å². The summed E-state index contributed by atoms with van der Waals surface area (Å²) in [5, 5.41) is 21.2. The summed E-state index contributed by atoms with van der Waals surface area (Å²) in [7, 11) is 0. The monoisotopic (exact) mass is 493 g/mol. The fraction of sp³-hybridized carbons (Fsp3) is 0.500. The van der Waals surface area contributed by atoms with Gasteiger partial charge in [0.1, 0.15) is 5.60 Å². The number of rotatable bonds is 7. The van der Waals surface area contributed by atoms with Crippen molar-refractivity contribution in [1.82, 2.24) is 10.6 Å². The summed E-state index contributed by atoms with van der Waals surface area (Å²) in [6.07, 6.45) is 0. The topological polar surface area (TPSA) is 56.7 Å². The van der Waals surface area contributed by atoms with E-state index in [9.17, 15) is 5.11 Å². The first-order valence-corrected chi connectivity index (χ1v) is 9.93. The molecule has 2 rings (SSSR count). The third kappa shape index (κ3) is 6.54. The van der Waals surface area contributed by atoms with E-state index in [1.165, 1.54) is 4.88 Å². The van der Waals surface area contributed by atoms with Gasteiger partial charge in [-0.1, -0.05) is 26.0 Å². The zero-order valence-electron chi connectivity index (χ0n) is 15.2. The summed E-state index contributed by atoms with van der Waals surface area (Å²) in [6, 6.07) is 8.14. The van der Waals surface area contributed by atoms with E-state index in [2.05, 4.69) is 42.0 Å². The van der Waals surface area contributed by atoms with Crippen molar-refractivity contribution in [3.8, 4) is 0 Å². The van der Waals surface area contributed by atoms with Crippen molar-refractivity contribution in [1.29, 1.82) is 0 Å². The first-order chi connectivity index (χ1) is 11.3. The minimum Gasteiger partial charge on any atom is -0.383 e. The fourth-order valence-corrected chi connectivity index (χ4v) is 3.92. The van der Waals surface area contributed by atoms with Crippen LogP contribution in [0.2, 0.25) is 0 Å². The second kappa shape index (κ2) is 9.89. The van der Waals surface area contributed by atoms with Crippen molar-refractivity contribution < 1.29 is 5.11 Å². The summed E-state index contributed by atoms with van der Waals surface area (Å²) in [4.78, 5) is 6.99. The van der Waals surface area contributed by atoms with Crippen molar-refractivity contribution in [2.75, 3.05) is 19.6 Å². The second-order valence-corrected chi connectivity index (χ2v) is 8.56. The molecular formula is C18H28IN3OS2. The maximum Gasteiger partial charge on any atom is 0.191 e. The first kappa shape index (κ1) is 22.4. The van der Waals surface area contributed by atoms with E-state index in [0.29, 0.717) is 13.1 Å². The number of aliphatic hydroxyl groups is 1. The highest BCUT2D eigenvalue weighted by atomic mass is 127. The van der Waals surface area contributed by atoms with Crippen LogP contribution < -0.4 is 10.6 Å². The standard InChI is InChI=1S/C18H27N3OS2.HI/c1-5-19-16(20-12-17(2,3)14-8-6-10-23-14)21-13-18(4,22)15-9-7-11-24-15;/h6-11,22H,5,12-13H2,1-4H3,(H2,19,20,21);1H. The van der Waals surface area contributed by atoms with Crippen molar-refractivity contribution in [3.05, 3.63) is 44.8 Å². The summed E-state index contributed by atoms with van der Waals surface area (Å²) < 4.78 is 0. The molecule has 140 valence electrons. The molecule has 0 saturated carbocycles. The molecule has 25 heavy (non-hydrogen) atoms. The van der Waals surface area contributed by atoms with Gasteiger partial charge in [0.15, 0.2) is 5.96 Å². The Morgan fingerprint density at radius 3 is 2.20 bits per heavy atom. The lowest BCUT2D eigenvalue weighted by Crippen LogP contribution is -2.44. The van der Waals surface area contributed by atoms with E-state index in [4.69, 9.17) is 4.99 Å². The average Bonchev–Trinajstić information content (AvgIpc) is 3.23.